The molecule has 1 unspecified atom stereocenters. The summed E-state index contributed by atoms with van der Waals surface area (Å²) in [6.45, 7) is 2.21. The molecule has 1 aliphatic heterocycles. The highest BCUT2D eigenvalue weighted by Gasteiger charge is 2.27. The molecule has 2 heterocycles. The standard InChI is InChI=1S/C18H15Cl2N5O2/c19-12-3-1-11(2-4-12)17-9-21-5-6-24(17)18-13-7-16(25(26)27)14(20)8-15(13)22-10-23-18/h1-4,7-8,10,17,21H,5-6,9H2. The molecule has 1 saturated heterocycles. The van der Waals surface area contributed by atoms with Gasteiger partial charge in [-0.15, -0.1) is 0 Å². The first-order chi connectivity index (χ1) is 13.0. The third kappa shape index (κ3) is 3.41. The summed E-state index contributed by atoms with van der Waals surface area (Å²) in [7, 11) is 0. The van der Waals surface area contributed by atoms with Crippen molar-refractivity contribution < 1.29 is 4.92 Å². The Kier molecular flexibility index (Phi) is 4.82. The lowest BCUT2D eigenvalue weighted by atomic mass is 10.0. The molecule has 0 amide bonds. The van der Waals surface area contributed by atoms with Gasteiger partial charge in [-0.05, 0) is 23.8 Å². The number of benzene rings is 2. The highest BCUT2D eigenvalue weighted by molar-refractivity contribution is 6.33. The van der Waals surface area contributed by atoms with Crippen molar-refractivity contribution in [2.45, 2.75) is 6.04 Å². The van der Waals surface area contributed by atoms with E-state index in [4.69, 9.17) is 23.2 Å². The van der Waals surface area contributed by atoms with E-state index < -0.39 is 4.92 Å². The molecule has 4 rings (SSSR count). The topological polar surface area (TPSA) is 84.2 Å². The van der Waals surface area contributed by atoms with Gasteiger partial charge in [0.25, 0.3) is 5.69 Å². The summed E-state index contributed by atoms with van der Waals surface area (Å²) in [5, 5.41) is 16.0. The maximum atomic E-state index is 11.3. The minimum absolute atomic E-state index is 0.0175. The van der Waals surface area contributed by atoms with Crippen LogP contribution in [0.4, 0.5) is 11.5 Å². The van der Waals surface area contributed by atoms with Crippen LogP contribution in [-0.2, 0) is 0 Å². The Morgan fingerprint density at radius 3 is 2.70 bits per heavy atom. The van der Waals surface area contributed by atoms with E-state index in [0.717, 1.165) is 18.7 Å². The Morgan fingerprint density at radius 2 is 1.96 bits per heavy atom. The van der Waals surface area contributed by atoms with Crippen molar-refractivity contribution in [3.05, 3.63) is 68.4 Å². The van der Waals surface area contributed by atoms with E-state index in [-0.39, 0.29) is 16.8 Å². The van der Waals surface area contributed by atoms with Gasteiger partial charge in [0.05, 0.1) is 16.5 Å². The lowest BCUT2D eigenvalue weighted by Crippen LogP contribution is -2.46. The zero-order valence-corrected chi connectivity index (χ0v) is 15.6. The number of fused-ring (bicyclic) bond motifs is 1. The van der Waals surface area contributed by atoms with Crippen LogP contribution in [0.3, 0.4) is 0 Å². The normalized spacial score (nSPS) is 17.3. The second-order valence-corrected chi connectivity index (χ2v) is 7.08. The van der Waals surface area contributed by atoms with Gasteiger partial charge in [-0.1, -0.05) is 35.3 Å². The summed E-state index contributed by atoms with van der Waals surface area (Å²) in [6.07, 6.45) is 1.46. The van der Waals surface area contributed by atoms with E-state index in [9.17, 15) is 10.1 Å². The average molecular weight is 404 g/mol. The Labute approximate surface area is 165 Å². The Morgan fingerprint density at radius 1 is 1.19 bits per heavy atom. The van der Waals surface area contributed by atoms with Gasteiger partial charge in [0.2, 0.25) is 0 Å². The molecule has 1 aromatic heterocycles. The molecule has 9 heteroatoms. The molecule has 0 radical (unpaired) electrons. The fourth-order valence-corrected chi connectivity index (χ4v) is 3.71. The van der Waals surface area contributed by atoms with Crippen molar-refractivity contribution in [3.63, 3.8) is 0 Å². The molecular weight excluding hydrogens is 389 g/mol. The first-order valence-corrected chi connectivity index (χ1v) is 9.11. The van der Waals surface area contributed by atoms with Gasteiger partial charge >= 0.3 is 0 Å². The number of hydrogen-bond donors (Lipinski definition) is 1. The number of nitro benzene ring substituents is 1. The fraction of sp³-hybridized carbons (Fsp3) is 0.222. The predicted octanol–water partition coefficient (Wildman–Crippen LogP) is 4.00. The first kappa shape index (κ1) is 17.9. The molecule has 1 fully saturated rings. The molecule has 1 aliphatic rings. The summed E-state index contributed by atoms with van der Waals surface area (Å²) in [4.78, 5) is 21.6. The second kappa shape index (κ2) is 7.26. The van der Waals surface area contributed by atoms with Crippen molar-refractivity contribution in [2.24, 2.45) is 0 Å². The molecule has 0 spiro atoms. The predicted molar refractivity (Wildman–Crippen MR) is 106 cm³/mol. The molecule has 0 bridgehead atoms. The monoisotopic (exact) mass is 403 g/mol. The molecule has 7 nitrogen and oxygen atoms in total. The van der Waals surface area contributed by atoms with E-state index in [0.29, 0.717) is 28.3 Å². The van der Waals surface area contributed by atoms with Crippen LogP contribution in [0.25, 0.3) is 10.9 Å². The number of piperazine rings is 1. The van der Waals surface area contributed by atoms with Crippen molar-refractivity contribution in [2.75, 3.05) is 24.5 Å². The summed E-state index contributed by atoms with van der Waals surface area (Å²) in [5.41, 5.74) is 1.50. The Hall–Kier alpha value is -2.48. The molecule has 0 saturated carbocycles. The first-order valence-electron chi connectivity index (χ1n) is 8.36. The molecule has 0 aliphatic carbocycles. The van der Waals surface area contributed by atoms with Gasteiger partial charge in [-0.3, -0.25) is 10.1 Å². The van der Waals surface area contributed by atoms with Gasteiger partial charge in [0.15, 0.2) is 0 Å². The number of aromatic nitrogens is 2. The van der Waals surface area contributed by atoms with Crippen LogP contribution < -0.4 is 10.2 Å². The van der Waals surface area contributed by atoms with E-state index in [1.54, 1.807) is 0 Å². The molecule has 2 aromatic carbocycles. The maximum absolute atomic E-state index is 11.3. The number of nitro groups is 1. The molecule has 27 heavy (non-hydrogen) atoms. The van der Waals surface area contributed by atoms with Gasteiger partial charge in [-0.2, -0.15) is 0 Å². The number of anilines is 1. The molecular formula is C18H15Cl2N5O2. The van der Waals surface area contributed by atoms with Crippen molar-refractivity contribution in [1.29, 1.82) is 0 Å². The molecule has 3 aromatic rings. The van der Waals surface area contributed by atoms with Crippen LogP contribution in [0.1, 0.15) is 11.6 Å². The highest BCUT2D eigenvalue weighted by Crippen LogP contribution is 2.36. The van der Waals surface area contributed by atoms with Crippen molar-refractivity contribution in [3.8, 4) is 0 Å². The number of halogens is 2. The summed E-state index contributed by atoms with van der Waals surface area (Å²) in [6, 6.07) is 10.7. The van der Waals surface area contributed by atoms with Crippen LogP contribution in [-0.4, -0.2) is 34.5 Å². The third-order valence-electron chi connectivity index (χ3n) is 4.65. The van der Waals surface area contributed by atoms with E-state index >= 15 is 0 Å². The van der Waals surface area contributed by atoms with Gasteiger partial charge in [0, 0.05) is 36.1 Å². The number of hydrogen-bond acceptors (Lipinski definition) is 6. The van der Waals surface area contributed by atoms with Gasteiger partial charge in [0.1, 0.15) is 17.2 Å². The lowest BCUT2D eigenvalue weighted by Gasteiger charge is -2.37. The van der Waals surface area contributed by atoms with Crippen molar-refractivity contribution in [1.82, 2.24) is 15.3 Å². The molecule has 138 valence electrons. The number of nitrogens with one attached hydrogen (secondary N) is 1. The van der Waals surface area contributed by atoms with E-state index in [1.165, 1.54) is 18.5 Å². The minimum atomic E-state index is -0.493. The van der Waals surface area contributed by atoms with Crippen LogP contribution in [0.15, 0.2) is 42.7 Å². The largest absolute Gasteiger partial charge is 0.346 e. The molecule has 1 atom stereocenters. The average Bonchev–Trinajstić information content (AvgIpc) is 2.67. The summed E-state index contributed by atoms with van der Waals surface area (Å²) in [5.74, 6) is 0.654. The summed E-state index contributed by atoms with van der Waals surface area (Å²) < 4.78 is 0. The van der Waals surface area contributed by atoms with Crippen LogP contribution in [0.2, 0.25) is 10.0 Å². The maximum Gasteiger partial charge on any atom is 0.288 e. The number of nitrogens with zero attached hydrogens (tertiary/aromatic N) is 4. The Balaban J connectivity index is 1.84. The smallest absolute Gasteiger partial charge is 0.288 e. The number of rotatable bonds is 3. The Bertz CT molecular complexity index is 1010. The van der Waals surface area contributed by atoms with Gasteiger partial charge < -0.3 is 10.2 Å². The SMILES string of the molecule is O=[N+]([O-])c1cc2c(N3CCNCC3c3ccc(Cl)cc3)ncnc2cc1Cl. The van der Waals surface area contributed by atoms with Crippen LogP contribution in [0, 0.1) is 10.1 Å². The molecule has 1 N–H and O–H groups in total. The van der Waals surface area contributed by atoms with E-state index in [1.807, 2.05) is 24.3 Å². The lowest BCUT2D eigenvalue weighted by molar-refractivity contribution is -0.384. The second-order valence-electron chi connectivity index (χ2n) is 6.24. The zero-order valence-electron chi connectivity index (χ0n) is 14.1. The minimum Gasteiger partial charge on any atom is -0.346 e. The summed E-state index contributed by atoms with van der Waals surface area (Å²) >= 11 is 12.1. The van der Waals surface area contributed by atoms with Gasteiger partial charge in [-0.25, -0.2) is 9.97 Å². The zero-order chi connectivity index (χ0) is 19.0. The van der Waals surface area contributed by atoms with Crippen molar-refractivity contribution >= 4 is 45.6 Å². The third-order valence-corrected chi connectivity index (χ3v) is 5.20. The van der Waals surface area contributed by atoms with Crippen LogP contribution in [0.5, 0.6) is 0 Å². The van der Waals surface area contributed by atoms with Crippen LogP contribution >= 0.6 is 23.2 Å². The highest BCUT2D eigenvalue weighted by atomic mass is 35.5. The fourth-order valence-electron chi connectivity index (χ4n) is 3.36. The van der Waals surface area contributed by atoms with E-state index in [2.05, 4.69) is 20.2 Å². The quantitative estimate of drug-likeness (QED) is 0.525.